The van der Waals surface area contributed by atoms with Crippen molar-refractivity contribution in [2.75, 3.05) is 18.5 Å². The molecule has 0 spiro atoms. The second-order valence-corrected chi connectivity index (χ2v) is 7.20. The summed E-state index contributed by atoms with van der Waals surface area (Å²) in [6, 6.07) is 7.36. The number of carbonyl (C=O) groups is 1. The molecule has 116 valence electrons. The summed E-state index contributed by atoms with van der Waals surface area (Å²) >= 11 is 0. The molecule has 1 aromatic carbocycles. The Morgan fingerprint density at radius 3 is 2.57 bits per heavy atom. The summed E-state index contributed by atoms with van der Waals surface area (Å²) in [5.74, 6) is -0.208. The number of amides is 1. The fourth-order valence-electron chi connectivity index (χ4n) is 2.27. The first-order valence-corrected chi connectivity index (χ1v) is 8.46. The number of nitrogens with one attached hydrogen (secondary N) is 1. The summed E-state index contributed by atoms with van der Waals surface area (Å²) in [6.07, 6.45) is 1.52. The van der Waals surface area contributed by atoms with Crippen molar-refractivity contribution in [2.45, 2.75) is 36.8 Å². The highest BCUT2D eigenvalue weighted by atomic mass is 32.2. The fraction of sp³-hybridized carbons (Fsp3) is 0.533. The zero-order chi connectivity index (χ0) is 15.2. The second-order valence-electron chi connectivity index (χ2n) is 5.17. The molecule has 1 aromatic rings. The Bertz CT molecular complexity index is 498. The van der Waals surface area contributed by atoms with Crippen LogP contribution in [0.3, 0.4) is 0 Å². The van der Waals surface area contributed by atoms with Crippen LogP contribution in [0.4, 0.5) is 5.69 Å². The van der Waals surface area contributed by atoms with E-state index in [-0.39, 0.29) is 11.2 Å². The lowest BCUT2D eigenvalue weighted by Crippen LogP contribution is -2.36. The average Bonchev–Trinajstić information content (AvgIpc) is 2.55. The topological polar surface area (TPSA) is 81.4 Å². The molecule has 0 aliphatic carbocycles. The van der Waals surface area contributed by atoms with E-state index in [0.29, 0.717) is 25.4 Å². The number of nitrogens with two attached hydrogens (primary N) is 1. The molecule has 1 heterocycles. The van der Waals surface area contributed by atoms with Gasteiger partial charge in [0.15, 0.2) is 0 Å². The molecule has 0 aromatic heterocycles. The third kappa shape index (κ3) is 4.36. The lowest BCUT2D eigenvalue weighted by Gasteiger charge is -2.24. The van der Waals surface area contributed by atoms with Crippen LogP contribution in [0, 0.1) is 0 Å². The maximum atomic E-state index is 12.4. The van der Waals surface area contributed by atoms with Crippen molar-refractivity contribution in [2.24, 2.45) is 5.73 Å². The summed E-state index contributed by atoms with van der Waals surface area (Å²) in [6.45, 7) is 3.45. The van der Waals surface area contributed by atoms with Crippen molar-refractivity contribution in [3.8, 4) is 0 Å². The average molecular weight is 310 g/mol. The maximum Gasteiger partial charge on any atom is 0.239 e. The molecule has 6 heteroatoms. The molecule has 2 atom stereocenters. The van der Waals surface area contributed by atoms with Crippen LogP contribution in [-0.2, 0) is 26.9 Å². The Hall–Kier alpha value is -1.24. The molecule has 2 unspecified atom stereocenters. The lowest BCUT2D eigenvalue weighted by atomic mass is 10.2. The summed E-state index contributed by atoms with van der Waals surface area (Å²) in [7, 11) is -1.17. The van der Waals surface area contributed by atoms with Crippen molar-refractivity contribution in [3.05, 3.63) is 29.8 Å². The molecule has 5 nitrogen and oxygen atoms in total. The van der Waals surface area contributed by atoms with E-state index in [4.69, 9.17) is 10.5 Å². The fourth-order valence-corrected chi connectivity index (χ4v) is 3.77. The van der Waals surface area contributed by atoms with Crippen LogP contribution in [0.1, 0.15) is 25.3 Å². The van der Waals surface area contributed by atoms with Gasteiger partial charge in [-0.05, 0) is 37.5 Å². The van der Waals surface area contributed by atoms with E-state index >= 15 is 0 Å². The third-order valence-electron chi connectivity index (χ3n) is 3.67. The van der Waals surface area contributed by atoms with Crippen molar-refractivity contribution < 1.29 is 13.7 Å². The third-order valence-corrected chi connectivity index (χ3v) is 5.71. The smallest absolute Gasteiger partial charge is 0.239 e. The quantitative estimate of drug-likeness (QED) is 0.861. The molecule has 1 fully saturated rings. The number of anilines is 1. The standard InChI is InChI=1S/C15H22N2O3S/c1-11(21(19)14-6-8-20-9-7-14)15(18)17-13-4-2-12(10-16)3-5-13/h2-5,11,14H,6-10,16H2,1H3,(H,17,18). The van der Waals surface area contributed by atoms with E-state index in [1.165, 1.54) is 0 Å². The maximum absolute atomic E-state index is 12.4. The van der Waals surface area contributed by atoms with Crippen LogP contribution in [0.2, 0.25) is 0 Å². The van der Waals surface area contributed by atoms with Gasteiger partial charge in [0.1, 0.15) is 5.25 Å². The van der Waals surface area contributed by atoms with Crippen molar-refractivity contribution >= 4 is 22.4 Å². The van der Waals surface area contributed by atoms with E-state index in [2.05, 4.69) is 5.32 Å². The van der Waals surface area contributed by atoms with Crippen LogP contribution in [0.5, 0.6) is 0 Å². The summed E-state index contributed by atoms with van der Waals surface area (Å²) < 4.78 is 17.7. The van der Waals surface area contributed by atoms with Crippen molar-refractivity contribution in [1.82, 2.24) is 0 Å². The first-order chi connectivity index (χ1) is 10.1. The Morgan fingerprint density at radius 1 is 1.38 bits per heavy atom. The van der Waals surface area contributed by atoms with Gasteiger partial charge in [-0.15, -0.1) is 0 Å². The molecule has 0 radical (unpaired) electrons. The molecule has 3 N–H and O–H groups in total. The predicted molar refractivity (Wildman–Crippen MR) is 84.4 cm³/mol. The van der Waals surface area contributed by atoms with Crippen LogP contribution in [0.15, 0.2) is 24.3 Å². The number of ether oxygens (including phenoxy) is 1. The van der Waals surface area contributed by atoms with Gasteiger partial charge in [0.2, 0.25) is 5.91 Å². The van der Waals surface area contributed by atoms with Gasteiger partial charge in [0, 0.05) is 41.5 Å². The Morgan fingerprint density at radius 2 is 2.00 bits per heavy atom. The van der Waals surface area contributed by atoms with Gasteiger partial charge >= 0.3 is 0 Å². The molecule has 21 heavy (non-hydrogen) atoms. The van der Waals surface area contributed by atoms with Gasteiger partial charge in [0.05, 0.1) is 0 Å². The molecule has 1 aliphatic heterocycles. The molecule has 1 aliphatic rings. The normalized spacial score (nSPS) is 19.0. The largest absolute Gasteiger partial charge is 0.381 e. The minimum atomic E-state index is -1.17. The predicted octanol–water partition coefficient (Wildman–Crippen LogP) is 1.40. The molecule has 1 saturated heterocycles. The van der Waals surface area contributed by atoms with E-state index in [1.54, 1.807) is 6.92 Å². The second kappa shape index (κ2) is 7.68. The van der Waals surface area contributed by atoms with Gasteiger partial charge in [-0.1, -0.05) is 12.1 Å². The summed E-state index contributed by atoms with van der Waals surface area (Å²) in [5, 5.41) is 2.34. The van der Waals surface area contributed by atoms with Crippen LogP contribution in [0.25, 0.3) is 0 Å². The van der Waals surface area contributed by atoms with Crippen molar-refractivity contribution in [1.29, 1.82) is 0 Å². The number of benzene rings is 1. The first kappa shape index (κ1) is 16.1. The van der Waals surface area contributed by atoms with Crippen LogP contribution < -0.4 is 11.1 Å². The minimum absolute atomic E-state index is 0.0547. The number of hydrogen-bond acceptors (Lipinski definition) is 4. The first-order valence-electron chi connectivity index (χ1n) is 7.19. The van der Waals surface area contributed by atoms with Crippen LogP contribution >= 0.6 is 0 Å². The highest BCUT2D eigenvalue weighted by Crippen LogP contribution is 2.18. The Labute approximate surface area is 127 Å². The Kier molecular flexibility index (Phi) is 5.90. The molecule has 0 saturated carbocycles. The number of rotatable bonds is 5. The van der Waals surface area contributed by atoms with Crippen LogP contribution in [-0.4, -0.2) is 33.8 Å². The molecular formula is C15H22N2O3S. The van der Waals surface area contributed by atoms with E-state index in [1.807, 2.05) is 24.3 Å². The lowest BCUT2D eigenvalue weighted by molar-refractivity contribution is -0.115. The molecule has 0 bridgehead atoms. The highest BCUT2D eigenvalue weighted by Gasteiger charge is 2.28. The Balaban J connectivity index is 1.93. The molecule has 2 rings (SSSR count). The van der Waals surface area contributed by atoms with Gasteiger partial charge in [0.25, 0.3) is 0 Å². The SMILES string of the molecule is CC(C(=O)Nc1ccc(CN)cc1)S(=O)C1CCOCC1. The van der Waals surface area contributed by atoms with E-state index in [0.717, 1.165) is 18.4 Å². The van der Waals surface area contributed by atoms with Gasteiger partial charge in [-0.25, -0.2) is 0 Å². The zero-order valence-corrected chi connectivity index (χ0v) is 13.0. The van der Waals surface area contributed by atoms with E-state index < -0.39 is 16.0 Å². The number of hydrogen-bond donors (Lipinski definition) is 2. The monoisotopic (exact) mass is 310 g/mol. The van der Waals surface area contributed by atoms with Gasteiger partial charge in [-0.2, -0.15) is 0 Å². The minimum Gasteiger partial charge on any atom is -0.381 e. The summed E-state index contributed by atoms with van der Waals surface area (Å²) in [4.78, 5) is 12.2. The summed E-state index contributed by atoms with van der Waals surface area (Å²) in [5.41, 5.74) is 7.24. The van der Waals surface area contributed by atoms with E-state index in [9.17, 15) is 9.00 Å². The molecule has 1 amide bonds. The highest BCUT2D eigenvalue weighted by molar-refractivity contribution is 7.87. The van der Waals surface area contributed by atoms with Gasteiger partial charge < -0.3 is 15.8 Å². The molecular weight excluding hydrogens is 288 g/mol. The number of carbonyl (C=O) groups excluding carboxylic acids is 1. The zero-order valence-electron chi connectivity index (χ0n) is 12.2. The van der Waals surface area contributed by atoms with Crippen molar-refractivity contribution in [3.63, 3.8) is 0 Å². The van der Waals surface area contributed by atoms with Gasteiger partial charge in [-0.3, -0.25) is 9.00 Å².